The molecule has 1 unspecified atom stereocenters. The number of amides is 2. The summed E-state index contributed by atoms with van der Waals surface area (Å²) in [5.41, 5.74) is 0. The van der Waals surface area contributed by atoms with Crippen molar-refractivity contribution in [1.82, 2.24) is 10.2 Å². The van der Waals surface area contributed by atoms with E-state index in [1.165, 1.54) is 4.90 Å². The molecule has 0 saturated carbocycles. The van der Waals surface area contributed by atoms with Crippen molar-refractivity contribution in [1.29, 1.82) is 0 Å². The molecule has 2 N–H and O–H groups in total. The van der Waals surface area contributed by atoms with Gasteiger partial charge in [-0.1, -0.05) is 0 Å². The number of carbonyl (C=O) groups excluding carboxylic acids is 2. The number of carboxylic acids is 1. The third-order valence-electron chi connectivity index (χ3n) is 2.40. The number of rotatable bonds is 4. The molecule has 0 spiro atoms. The Morgan fingerprint density at radius 1 is 1.47 bits per heavy atom. The molecular formula is C10H16N2O5. The summed E-state index contributed by atoms with van der Waals surface area (Å²) < 4.78 is 5.13. The Balaban J connectivity index is 2.68. The van der Waals surface area contributed by atoms with E-state index >= 15 is 0 Å². The minimum atomic E-state index is -1.20. The predicted molar refractivity (Wildman–Crippen MR) is 57.3 cm³/mol. The van der Waals surface area contributed by atoms with E-state index in [0.29, 0.717) is 13.2 Å². The van der Waals surface area contributed by atoms with Crippen LogP contribution in [0.3, 0.4) is 0 Å². The third-order valence-corrected chi connectivity index (χ3v) is 2.40. The Morgan fingerprint density at radius 3 is 2.76 bits per heavy atom. The van der Waals surface area contributed by atoms with Crippen molar-refractivity contribution in [3.63, 3.8) is 0 Å². The lowest BCUT2D eigenvalue weighted by atomic mass is 10.2. The maximum Gasteiger partial charge on any atom is 0.312 e. The summed E-state index contributed by atoms with van der Waals surface area (Å²) in [4.78, 5) is 35.0. The van der Waals surface area contributed by atoms with Crippen LogP contribution in [0.1, 0.15) is 13.3 Å². The molecular weight excluding hydrogens is 228 g/mol. The summed E-state index contributed by atoms with van der Waals surface area (Å²) in [6, 6.07) is -0.726. The molecule has 17 heavy (non-hydrogen) atoms. The van der Waals surface area contributed by atoms with Crippen LogP contribution >= 0.6 is 0 Å². The van der Waals surface area contributed by atoms with Crippen LogP contribution in [0.4, 0.5) is 0 Å². The van der Waals surface area contributed by atoms with Gasteiger partial charge in [0.15, 0.2) is 0 Å². The average Bonchev–Trinajstić information content (AvgIpc) is 2.28. The standard InChI is InChI=1S/C10H16N2O5/c1-2-11-10(16)7-6-17-4-3-12(7)8(13)5-9(14)15/h7H,2-6H2,1H3,(H,11,16)(H,14,15). The molecule has 1 rings (SSSR count). The fourth-order valence-electron chi connectivity index (χ4n) is 1.64. The normalized spacial score (nSPS) is 19.8. The van der Waals surface area contributed by atoms with Crippen LogP contribution in [0.2, 0.25) is 0 Å². The van der Waals surface area contributed by atoms with Gasteiger partial charge in [0.05, 0.1) is 13.2 Å². The Hall–Kier alpha value is -1.63. The van der Waals surface area contributed by atoms with Crippen LogP contribution in [0, 0.1) is 0 Å². The van der Waals surface area contributed by atoms with E-state index in [9.17, 15) is 14.4 Å². The number of morpholine rings is 1. The van der Waals surface area contributed by atoms with Gasteiger partial charge in [-0.15, -0.1) is 0 Å². The van der Waals surface area contributed by atoms with Gasteiger partial charge in [0.25, 0.3) is 0 Å². The lowest BCUT2D eigenvalue weighted by Gasteiger charge is -2.34. The highest BCUT2D eigenvalue weighted by atomic mass is 16.5. The van der Waals surface area contributed by atoms with Gasteiger partial charge in [-0.2, -0.15) is 0 Å². The predicted octanol–water partition coefficient (Wildman–Crippen LogP) is -1.18. The van der Waals surface area contributed by atoms with Crippen LogP contribution in [0.15, 0.2) is 0 Å². The molecule has 0 aliphatic carbocycles. The van der Waals surface area contributed by atoms with Gasteiger partial charge >= 0.3 is 5.97 Å². The van der Waals surface area contributed by atoms with Crippen LogP contribution in [0.5, 0.6) is 0 Å². The molecule has 1 aliphatic heterocycles. The summed E-state index contributed by atoms with van der Waals surface area (Å²) in [5, 5.41) is 11.2. The summed E-state index contributed by atoms with van der Waals surface area (Å²) in [5.74, 6) is -2.07. The van der Waals surface area contributed by atoms with Crippen molar-refractivity contribution in [2.45, 2.75) is 19.4 Å². The van der Waals surface area contributed by atoms with E-state index in [-0.39, 0.29) is 19.1 Å². The molecule has 1 aliphatic rings. The third kappa shape index (κ3) is 3.70. The van der Waals surface area contributed by atoms with E-state index in [4.69, 9.17) is 9.84 Å². The van der Waals surface area contributed by atoms with Crippen LogP contribution in [-0.2, 0) is 19.1 Å². The molecule has 2 amide bonds. The van der Waals surface area contributed by atoms with Gasteiger partial charge in [-0.05, 0) is 6.92 Å². The first kappa shape index (κ1) is 13.4. The first-order chi connectivity index (χ1) is 8.06. The molecule has 0 aromatic carbocycles. The first-order valence-corrected chi connectivity index (χ1v) is 5.43. The smallest absolute Gasteiger partial charge is 0.312 e. The maximum absolute atomic E-state index is 11.7. The second-order valence-electron chi connectivity index (χ2n) is 3.64. The average molecular weight is 244 g/mol. The molecule has 0 aromatic rings. The molecule has 7 heteroatoms. The summed E-state index contributed by atoms with van der Waals surface area (Å²) >= 11 is 0. The number of nitrogens with one attached hydrogen (secondary N) is 1. The van der Waals surface area contributed by atoms with Crippen LogP contribution in [0.25, 0.3) is 0 Å². The number of likely N-dealkylation sites (N-methyl/N-ethyl adjacent to an activating group) is 1. The number of carbonyl (C=O) groups is 3. The number of hydrogen-bond acceptors (Lipinski definition) is 4. The zero-order valence-electron chi connectivity index (χ0n) is 9.64. The van der Waals surface area contributed by atoms with E-state index < -0.39 is 24.3 Å². The summed E-state index contributed by atoms with van der Waals surface area (Å²) in [6.07, 6.45) is -0.601. The van der Waals surface area contributed by atoms with E-state index in [1.54, 1.807) is 6.92 Å². The first-order valence-electron chi connectivity index (χ1n) is 5.43. The summed E-state index contributed by atoms with van der Waals surface area (Å²) in [6.45, 7) is 2.90. The number of nitrogens with zero attached hydrogens (tertiary/aromatic N) is 1. The lowest BCUT2D eigenvalue weighted by Crippen LogP contribution is -2.56. The van der Waals surface area contributed by atoms with Crippen molar-refractivity contribution in [2.75, 3.05) is 26.3 Å². The highest BCUT2D eigenvalue weighted by Gasteiger charge is 2.33. The van der Waals surface area contributed by atoms with Gasteiger partial charge in [0, 0.05) is 13.1 Å². The minimum absolute atomic E-state index is 0.108. The Bertz CT molecular complexity index is 318. The van der Waals surface area contributed by atoms with Gasteiger partial charge in [0.2, 0.25) is 11.8 Å². The quantitative estimate of drug-likeness (QED) is 0.607. The molecule has 0 radical (unpaired) electrons. The minimum Gasteiger partial charge on any atom is -0.481 e. The van der Waals surface area contributed by atoms with Gasteiger partial charge < -0.3 is 20.1 Å². The second kappa shape index (κ2) is 6.19. The molecule has 1 saturated heterocycles. The van der Waals surface area contributed by atoms with E-state index in [2.05, 4.69) is 5.32 Å². The monoisotopic (exact) mass is 244 g/mol. The molecule has 1 atom stereocenters. The SMILES string of the molecule is CCNC(=O)C1COCCN1C(=O)CC(=O)O. The number of aliphatic carboxylic acids is 1. The maximum atomic E-state index is 11.7. The number of ether oxygens (including phenoxy) is 1. The summed E-state index contributed by atoms with van der Waals surface area (Å²) in [7, 11) is 0. The van der Waals surface area contributed by atoms with Crippen molar-refractivity contribution >= 4 is 17.8 Å². The van der Waals surface area contributed by atoms with Crippen molar-refractivity contribution in [2.24, 2.45) is 0 Å². The molecule has 96 valence electrons. The molecule has 0 aromatic heterocycles. The van der Waals surface area contributed by atoms with E-state index in [1.807, 2.05) is 0 Å². The highest BCUT2D eigenvalue weighted by Crippen LogP contribution is 2.09. The van der Waals surface area contributed by atoms with Gasteiger partial charge in [-0.25, -0.2) is 0 Å². The molecule has 7 nitrogen and oxygen atoms in total. The number of carboxylic acid groups (broad SMARTS) is 1. The Kier molecular flexibility index (Phi) is 4.89. The second-order valence-corrected chi connectivity index (χ2v) is 3.64. The molecule has 1 heterocycles. The van der Waals surface area contributed by atoms with Crippen molar-refractivity contribution in [3.05, 3.63) is 0 Å². The fraction of sp³-hybridized carbons (Fsp3) is 0.700. The zero-order chi connectivity index (χ0) is 12.8. The van der Waals surface area contributed by atoms with Crippen molar-refractivity contribution in [3.8, 4) is 0 Å². The topological polar surface area (TPSA) is 95.9 Å². The largest absolute Gasteiger partial charge is 0.481 e. The van der Waals surface area contributed by atoms with E-state index in [0.717, 1.165) is 0 Å². The zero-order valence-corrected chi connectivity index (χ0v) is 9.64. The molecule has 1 fully saturated rings. The Labute approximate surface area is 98.7 Å². The van der Waals surface area contributed by atoms with Gasteiger partial charge in [0.1, 0.15) is 12.5 Å². The molecule has 0 bridgehead atoms. The number of hydrogen-bond donors (Lipinski definition) is 2. The fourth-order valence-corrected chi connectivity index (χ4v) is 1.64. The van der Waals surface area contributed by atoms with Crippen molar-refractivity contribution < 1.29 is 24.2 Å². The van der Waals surface area contributed by atoms with Gasteiger partial charge in [-0.3, -0.25) is 14.4 Å². The lowest BCUT2D eigenvalue weighted by molar-refractivity contribution is -0.153. The highest BCUT2D eigenvalue weighted by molar-refractivity contribution is 5.96. The van der Waals surface area contributed by atoms with Crippen LogP contribution in [-0.4, -0.2) is 60.1 Å². The Morgan fingerprint density at radius 2 is 2.18 bits per heavy atom. The van der Waals surface area contributed by atoms with Crippen LogP contribution < -0.4 is 5.32 Å².